The quantitative estimate of drug-likeness (QED) is 0.761. The lowest BCUT2D eigenvalue weighted by Gasteiger charge is -2.24. The summed E-state index contributed by atoms with van der Waals surface area (Å²) < 4.78 is 0. The van der Waals surface area contributed by atoms with Gasteiger partial charge in [-0.05, 0) is 18.1 Å². The standard InChI is InChI=1S/C13H21N3O/c1-4-10(2)12(14)13(17)15-16(3)11-8-6-5-7-9-11/h5-10,12H,4,14H2,1-3H3,(H,15,17)/t10?,12-/m0/s1. The molecular formula is C13H21N3O. The molecule has 0 heterocycles. The molecule has 17 heavy (non-hydrogen) atoms. The number of benzene rings is 1. The number of anilines is 1. The highest BCUT2D eigenvalue weighted by Crippen LogP contribution is 2.10. The number of amides is 1. The van der Waals surface area contributed by atoms with Crippen molar-refractivity contribution >= 4 is 11.6 Å². The van der Waals surface area contributed by atoms with Crippen LogP contribution in [0.1, 0.15) is 20.3 Å². The monoisotopic (exact) mass is 235 g/mol. The summed E-state index contributed by atoms with van der Waals surface area (Å²) in [5, 5.41) is 1.69. The van der Waals surface area contributed by atoms with Crippen molar-refractivity contribution in [2.75, 3.05) is 12.1 Å². The lowest BCUT2D eigenvalue weighted by molar-refractivity contribution is -0.123. The Morgan fingerprint density at radius 2 is 2.00 bits per heavy atom. The minimum Gasteiger partial charge on any atom is -0.320 e. The molecule has 94 valence electrons. The molecule has 1 unspecified atom stereocenters. The zero-order valence-electron chi connectivity index (χ0n) is 10.7. The molecule has 0 aliphatic carbocycles. The van der Waals surface area contributed by atoms with Gasteiger partial charge in [0, 0.05) is 7.05 Å². The van der Waals surface area contributed by atoms with Crippen LogP contribution in [0.2, 0.25) is 0 Å². The zero-order chi connectivity index (χ0) is 12.8. The third-order valence-electron chi connectivity index (χ3n) is 2.98. The molecule has 4 heteroatoms. The number of hydrogen-bond acceptors (Lipinski definition) is 3. The number of nitrogens with zero attached hydrogens (tertiary/aromatic N) is 1. The van der Waals surface area contributed by atoms with Gasteiger partial charge in [-0.25, -0.2) is 0 Å². The molecule has 1 amide bonds. The largest absolute Gasteiger partial charge is 0.320 e. The fourth-order valence-corrected chi connectivity index (χ4v) is 1.47. The van der Waals surface area contributed by atoms with Gasteiger partial charge in [0.25, 0.3) is 5.91 Å². The van der Waals surface area contributed by atoms with Crippen molar-refractivity contribution in [2.24, 2.45) is 11.7 Å². The number of rotatable bonds is 5. The van der Waals surface area contributed by atoms with Gasteiger partial charge in [-0.2, -0.15) is 0 Å². The highest BCUT2D eigenvalue weighted by Gasteiger charge is 2.20. The smallest absolute Gasteiger partial charge is 0.255 e. The van der Waals surface area contributed by atoms with Crippen molar-refractivity contribution in [3.8, 4) is 0 Å². The summed E-state index contributed by atoms with van der Waals surface area (Å²) in [4.78, 5) is 11.8. The van der Waals surface area contributed by atoms with Crippen molar-refractivity contribution in [1.29, 1.82) is 0 Å². The molecule has 0 aromatic heterocycles. The Morgan fingerprint density at radius 1 is 1.41 bits per heavy atom. The van der Waals surface area contributed by atoms with Gasteiger partial charge in [0.05, 0.1) is 11.7 Å². The molecule has 1 aromatic carbocycles. The molecule has 0 aliphatic heterocycles. The van der Waals surface area contributed by atoms with E-state index in [1.165, 1.54) is 0 Å². The van der Waals surface area contributed by atoms with E-state index < -0.39 is 6.04 Å². The Kier molecular flexibility index (Phi) is 4.97. The van der Waals surface area contributed by atoms with Gasteiger partial charge in [-0.3, -0.25) is 15.2 Å². The maximum absolute atomic E-state index is 11.8. The van der Waals surface area contributed by atoms with Crippen LogP contribution in [0.25, 0.3) is 0 Å². The molecule has 1 rings (SSSR count). The van der Waals surface area contributed by atoms with Crippen molar-refractivity contribution in [3.63, 3.8) is 0 Å². The summed E-state index contributed by atoms with van der Waals surface area (Å²) in [6.45, 7) is 4.01. The normalized spacial score (nSPS) is 13.9. The maximum atomic E-state index is 11.8. The van der Waals surface area contributed by atoms with Gasteiger partial charge in [-0.15, -0.1) is 0 Å². The Labute approximate surface area is 103 Å². The third kappa shape index (κ3) is 3.75. The van der Waals surface area contributed by atoms with Crippen LogP contribution in [0.15, 0.2) is 30.3 Å². The number of nitrogens with two attached hydrogens (primary N) is 1. The lowest BCUT2D eigenvalue weighted by Crippen LogP contribution is -2.50. The topological polar surface area (TPSA) is 58.4 Å². The summed E-state index contributed by atoms with van der Waals surface area (Å²) >= 11 is 0. The van der Waals surface area contributed by atoms with E-state index in [-0.39, 0.29) is 11.8 Å². The number of nitrogens with one attached hydrogen (secondary N) is 1. The second-order valence-electron chi connectivity index (χ2n) is 4.28. The molecule has 0 saturated heterocycles. The van der Waals surface area contributed by atoms with Crippen LogP contribution in [0.5, 0.6) is 0 Å². The summed E-state index contributed by atoms with van der Waals surface area (Å²) in [6.07, 6.45) is 0.892. The molecular weight excluding hydrogens is 214 g/mol. The maximum Gasteiger partial charge on any atom is 0.255 e. The van der Waals surface area contributed by atoms with E-state index in [1.807, 2.05) is 44.2 Å². The van der Waals surface area contributed by atoms with E-state index in [0.717, 1.165) is 12.1 Å². The van der Waals surface area contributed by atoms with Crippen LogP contribution in [0, 0.1) is 5.92 Å². The van der Waals surface area contributed by atoms with Crippen LogP contribution in [0.3, 0.4) is 0 Å². The summed E-state index contributed by atoms with van der Waals surface area (Å²) in [6, 6.07) is 9.17. The first-order valence-electron chi connectivity index (χ1n) is 5.91. The van der Waals surface area contributed by atoms with E-state index in [4.69, 9.17) is 5.73 Å². The Bertz CT molecular complexity index is 353. The summed E-state index contributed by atoms with van der Waals surface area (Å²) in [5.74, 6) is 0.0323. The third-order valence-corrected chi connectivity index (χ3v) is 2.98. The van der Waals surface area contributed by atoms with Crippen molar-refractivity contribution in [3.05, 3.63) is 30.3 Å². The molecule has 1 aromatic rings. The summed E-state index contributed by atoms with van der Waals surface area (Å²) in [5.41, 5.74) is 9.57. The molecule has 0 fully saturated rings. The van der Waals surface area contributed by atoms with E-state index in [9.17, 15) is 4.79 Å². The van der Waals surface area contributed by atoms with Crippen LogP contribution >= 0.6 is 0 Å². The predicted octanol–water partition coefficient (Wildman–Crippen LogP) is 1.53. The Hall–Kier alpha value is -1.55. The van der Waals surface area contributed by atoms with E-state index in [2.05, 4.69) is 5.43 Å². The second kappa shape index (κ2) is 6.25. The minimum atomic E-state index is -0.467. The number of para-hydroxylation sites is 1. The van der Waals surface area contributed by atoms with Crippen molar-refractivity contribution in [1.82, 2.24) is 5.43 Å². The average Bonchev–Trinajstić information content (AvgIpc) is 2.37. The van der Waals surface area contributed by atoms with Gasteiger partial charge in [-0.1, -0.05) is 38.5 Å². The van der Waals surface area contributed by atoms with Gasteiger partial charge in [0.15, 0.2) is 0 Å². The van der Waals surface area contributed by atoms with E-state index in [0.29, 0.717) is 0 Å². The van der Waals surface area contributed by atoms with Crippen molar-refractivity contribution in [2.45, 2.75) is 26.3 Å². The SMILES string of the molecule is CCC(C)[C@H](N)C(=O)NN(C)c1ccccc1. The molecule has 0 saturated carbocycles. The van der Waals surface area contributed by atoms with Crippen LogP contribution in [-0.2, 0) is 4.79 Å². The van der Waals surface area contributed by atoms with Gasteiger partial charge >= 0.3 is 0 Å². The summed E-state index contributed by atoms with van der Waals surface area (Å²) in [7, 11) is 1.80. The minimum absolute atomic E-state index is 0.147. The predicted molar refractivity (Wildman–Crippen MR) is 70.4 cm³/mol. The average molecular weight is 235 g/mol. The van der Waals surface area contributed by atoms with Crippen LogP contribution in [0.4, 0.5) is 5.69 Å². The zero-order valence-corrected chi connectivity index (χ0v) is 10.7. The number of hydrogen-bond donors (Lipinski definition) is 2. The fourth-order valence-electron chi connectivity index (χ4n) is 1.47. The molecule has 3 N–H and O–H groups in total. The highest BCUT2D eigenvalue weighted by atomic mass is 16.2. The van der Waals surface area contributed by atoms with Gasteiger partial charge in [0.2, 0.25) is 0 Å². The lowest BCUT2D eigenvalue weighted by atomic mass is 10.00. The van der Waals surface area contributed by atoms with Crippen molar-refractivity contribution < 1.29 is 4.79 Å². The molecule has 4 nitrogen and oxygen atoms in total. The number of carbonyl (C=O) groups excluding carboxylic acids is 1. The first-order chi connectivity index (χ1) is 8.06. The number of carbonyl (C=O) groups is 1. The van der Waals surface area contributed by atoms with E-state index >= 15 is 0 Å². The molecule has 0 aliphatic rings. The molecule has 0 radical (unpaired) electrons. The first-order valence-corrected chi connectivity index (χ1v) is 5.91. The second-order valence-corrected chi connectivity index (χ2v) is 4.28. The Balaban J connectivity index is 2.57. The first kappa shape index (κ1) is 13.5. The number of hydrazine groups is 1. The molecule has 0 bridgehead atoms. The Morgan fingerprint density at radius 3 is 2.53 bits per heavy atom. The molecule has 0 spiro atoms. The van der Waals surface area contributed by atoms with Crippen LogP contribution < -0.4 is 16.2 Å². The van der Waals surface area contributed by atoms with Crippen LogP contribution in [-0.4, -0.2) is 19.0 Å². The molecule has 2 atom stereocenters. The van der Waals surface area contributed by atoms with Gasteiger partial charge < -0.3 is 5.73 Å². The van der Waals surface area contributed by atoms with E-state index in [1.54, 1.807) is 12.1 Å². The van der Waals surface area contributed by atoms with Gasteiger partial charge in [0.1, 0.15) is 0 Å². The highest BCUT2D eigenvalue weighted by molar-refractivity contribution is 5.83. The fraction of sp³-hybridized carbons (Fsp3) is 0.462.